The van der Waals surface area contributed by atoms with Gasteiger partial charge in [0.05, 0.1) is 0 Å². The van der Waals surface area contributed by atoms with Crippen molar-refractivity contribution in [2.45, 2.75) is 31.7 Å². The first-order chi connectivity index (χ1) is 9.15. The lowest BCUT2D eigenvalue weighted by atomic mass is 10.1. The van der Waals surface area contributed by atoms with Crippen molar-refractivity contribution in [2.24, 2.45) is 0 Å². The van der Waals surface area contributed by atoms with Gasteiger partial charge in [-0.2, -0.15) is 0 Å². The Labute approximate surface area is 126 Å². The van der Waals surface area contributed by atoms with Gasteiger partial charge in [0.2, 0.25) is 0 Å². The van der Waals surface area contributed by atoms with Crippen LogP contribution in [0.2, 0.25) is 5.02 Å². The van der Waals surface area contributed by atoms with Gasteiger partial charge in [-0.3, -0.25) is 4.90 Å². The van der Waals surface area contributed by atoms with Crippen LogP contribution in [0.25, 0.3) is 0 Å². The Kier molecular flexibility index (Phi) is 5.37. The second kappa shape index (κ2) is 6.83. The highest BCUT2D eigenvalue weighted by molar-refractivity contribution is 6.31. The van der Waals surface area contributed by atoms with Crippen molar-refractivity contribution >= 4 is 28.9 Å². The van der Waals surface area contributed by atoms with Crippen molar-refractivity contribution in [3.8, 4) is 0 Å². The van der Waals surface area contributed by atoms with Crippen LogP contribution < -0.4 is 4.90 Å². The lowest BCUT2D eigenvalue weighted by Gasteiger charge is -2.30. The minimum absolute atomic E-state index is 0.527. The lowest BCUT2D eigenvalue weighted by molar-refractivity contribution is 0.270. The van der Waals surface area contributed by atoms with E-state index < -0.39 is 0 Å². The van der Waals surface area contributed by atoms with Crippen LogP contribution in [0.1, 0.15) is 25.3 Å². The predicted octanol–water partition coefficient (Wildman–Crippen LogP) is 4.00. The van der Waals surface area contributed by atoms with Gasteiger partial charge < -0.3 is 4.90 Å². The molecule has 2 nitrogen and oxygen atoms in total. The van der Waals surface area contributed by atoms with Crippen molar-refractivity contribution in [3.05, 3.63) is 28.8 Å². The molecule has 0 spiro atoms. The van der Waals surface area contributed by atoms with Gasteiger partial charge in [0, 0.05) is 36.2 Å². The molecule has 1 aromatic carbocycles. The van der Waals surface area contributed by atoms with Gasteiger partial charge in [0.25, 0.3) is 0 Å². The number of hydrogen-bond acceptors (Lipinski definition) is 2. The standard InChI is InChI=1S/C15H22Cl2N2/c1-3-19-8-4-5-14(19)11-18(2)15-9-13(17)7-6-12(15)10-16/h6-7,9,14H,3-5,8,10-11H2,1-2H3. The Morgan fingerprint density at radius 2 is 2.21 bits per heavy atom. The number of hydrogen-bond donors (Lipinski definition) is 0. The molecule has 19 heavy (non-hydrogen) atoms. The number of halogens is 2. The maximum absolute atomic E-state index is 6.11. The third-order valence-corrected chi connectivity index (χ3v) is 4.52. The molecule has 1 unspecified atom stereocenters. The zero-order chi connectivity index (χ0) is 13.8. The Bertz CT molecular complexity index is 423. The van der Waals surface area contributed by atoms with E-state index in [2.05, 4.69) is 23.8 Å². The average molecular weight is 301 g/mol. The molecule has 1 aromatic rings. The Hall–Kier alpha value is -0.440. The van der Waals surface area contributed by atoms with Gasteiger partial charge in [-0.25, -0.2) is 0 Å². The number of nitrogens with zero attached hydrogens (tertiary/aromatic N) is 2. The van der Waals surface area contributed by atoms with E-state index in [0.717, 1.165) is 29.4 Å². The molecule has 0 N–H and O–H groups in total. The zero-order valence-electron chi connectivity index (χ0n) is 11.7. The molecule has 0 bridgehead atoms. The van der Waals surface area contributed by atoms with Gasteiger partial charge in [0.1, 0.15) is 0 Å². The molecule has 1 aliphatic heterocycles. The monoisotopic (exact) mass is 300 g/mol. The second-order valence-corrected chi connectivity index (χ2v) is 5.92. The summed E-state index contributed by atoms with van der Waals surface area (Å²) in [6.07, 6.45) is 2.60. The van der Waals surface area contributed by atoms with Gasteiger partial charge in [-0.05, 0) is 43.6 Å². The smallest absolute Gasteiger partial charge is 0.0494 e. The molecule has 0 radical (unpaired) electrons. The number of benzene rings is 1. The fourth-order valence-electron chi connectivity index (χ4n) is 2.94. The van der Waals surface area contributed by atoms with Gasteiger partial charge in [-0.1, -0.05) is 24.6 Å². The summed E-state index contributed by atoms with van der Waals surface area (Å²) in [6.45, 7) is 5.64. The molecule has 1 fully saturated rings. The van der Waals surface area contributed by atoms with E-state index in [0.29, 0.717) is 11.9 Å². The van der Waals surface area contributed by atoms with Gasteiger partial charge in [-0.15, -0.1) is 11.6 Å². The first-order valence-corrected chi connectivity index (χ1v) is 7.86. The van der Waals surface area contributed by atoms with E-state index in [1.165, 1.54) is 19.4 Å². The van der Waals surface area contributed by atoms with E-state index >= 15 is 0 Å². The lowest BCUT2D eigenvalue weighted by Crippen LogP contribution is -2.39. The van der Waals surface area contributed by atoms with Crippen LogP contribution in [0, 0.1) is 0 Å². The van der Waals surface area contributed by atoms with Crippen molar-refractivity contribution in [1.29, 1.82) is 0 Å². The zero-order valence-corrected chi connectivity index (χ0v) is 13.2. The van der Waals surface area contributed by atoms with Crippen LogP contribution in [-0.4, -0.2) is 37.6 Å². The minimum Gasteiger partial charge on any atom is -0.373 e. The first-order valence-electron chi connectivity index (χ1n) is 6.95. The molecule has 2 rings (SSSR count). The van der Waals surface area contributed by atoms with Gasteiger partial charge >= 0.3 is 0 Å². The van der Waals surface area contributed by atoms with Crippen LogP contribution in [0.15, 0.2) is 18.2 Å². The molecule has 1 saturated heterocycles. The summed E-state index contributed by atoms with van der Waals surface area (Å²) in [7, 11) is 2.13. The molecule has 1 aliphatic rings. The van der Waals surface area contributed by atoms with Crippen molar-refractivity contribution < 1.29 is 0 Å². The summed E-state index contributed by atoms with van der Waals surface area (Å²) in [5.41, 5.74) is 2.31. The Morgan fingerprint density at radius 3 is 2.89 bits per heavy atom. The molecule has 0 amide bonds. The highest BCUT2D eigenvalue weighted by atomic mass is 35.5. The molecule has 1 atom stereocenters. The van der Waals surface area contributed by atoms with Crippen LogP contribution in [0.5, 0.6) is 0 Å². The van der Waals surface area contributed by atoms with E-state index in [4.69, 9.17) is 23.2 Å². The molecule has 0 saturated carbocycles. The van der Waals surface area contributed by atoms with Crippen LogP contribution in [0.3, 0.4) is 0 Å². The summed E-state index contributed by atoms with van der Waals surface area (Å²) in [5, 5.41) is 0.773. The third-order valence-electron chi connectivity index (χ3n) is 3.99. The normalized spacial score (nSPS) is 19.9. The number of likely N-dealkylation sites (N-methyl/N-ethyl adjacent to an activating group) is 2. The fraction of sp³-hybridized carbons (Fsp3) is 0.600. The van der Waals surface area contributed by atoms with Crippen LogP contribution in [-0.2, 0) is 5.88 Å². The number of likely N-dealkylation sites (tertiary alicyclic amines) is 1. The van der Waals surface area contributed by atoms with E-state index in [9.17, 15) is 0 Å². The maximum Gasteiger partial charge on any atom is 0.0494 e. The maximum atomic E-state index is 6.11. The van der Waals surface area contributed by atoms with Crippen molar-refractivity contribution in [2.75, 3.05) is 31.6 Å². The average Bonchev–Trinajstić information content (AvgIpc) is 2.85. The highest BCUT2D eigenvalue weighted by Crippen LogP contribution is 2.27. The second-order valence-electron chi connectivity index (χ2n) is 5.21. The number of alkyl halides is 1. The highest BCUT2D eigenvalue weighted by Gasteiger charge is 2.24. The summed E-state index contributed by atoms with van der Waals surface area (Å²) in [4.78, 5) is 4.85. The summed E-state index contributed by atoms with van der Waals surface area (Å²) in [6, 6.07) is 6.60. The summed E-state index contributed by atoms with van der Waals surface area (Å²) in [5.74, 6) is 0.527. The summed E-state index contributed by atoms with van der Waals surface area (Å²) < 4.78 is 0. The Balaban J connectivity index is 2.11. The number of anilines is 1. The first kappa shape index (κ1) is 15.0. The summed E-state index contributed by atoms with van der Waals surface area (Å²) >= 11 is 12.1. The molecule has 1 heterocycles. The van der Waals surface area contributed by atoms with E-state index in [-0.39, 0.29) is 0 Å². The molecule has 0 aromatic heterocycles. The van der Waals surface area contributed by atoms with E-state index in [1.807, 2.05) is 18.2 Å². The van der Waals surface area contributed by atoms with Crippen LogP contribution in [0.4, 0.5) is 5.69 Å². The quantitative estimate of drug-likeness (QED) is 0.759. The fourth-order valence-corrected chi connectivity index (χ4v) is 3.33. The van der Waals surface area contributed by atoms with Crippen LogP contribution >= 0.6 is 23.2 Å². The van der Waals surface area contributed by atoms with Crippen molar-refractivity contribution in [1.82, 2.24) is 4.90 Å². The number of rotatable bonds is 5. The molecular weight excluding hydrogens is 279 g/mol. The molecular formula is C15H22Cl2N2. The molecule has 106 valence electrons. The molecule has 4 heteroatoms. The predicted molar refractivity (Wildman–Crippen MR) is 84.5 cm³/mol. The SMILES string of the molecule is CCN1CCCC1CN(C)c1cc(Cl)ccc1CCl. The van der Waals surface area contributed by atoms with Gasteiger partial charge in [0.15, 0.2) is 0 Å². The van der Waals surface area contributed by atoms with Crippen molar-refractivity contribution in [3.63, 3.8) is 0 Å². The molecule has 0 aliphatic carbocycles. The topological polar surface area (TPSA) is 6.48 Å². The third kappa shape index (κ3) is 3.56. The minimum atomic E-state index is 0.527. The van der Waals surface area contributed by atoms with E-state index in [1.54, 1.807) is 0 Å². The Morgan fingerprint density at radius 1 is 1.42 bits per heavy atom. The largest absolute Gasteiger partial charge is 0.373 e.